The second-order valence-electron chi connectivity index (χ2n) is 2.45. The van der Waals surface area contributed by atoms with Gasteiger partial charge in [0.1, 0.15) is 5.75 Å². The molecule has 0 saturated carbocycles. The highest BCUT2D eigenvalue weighted by molar-refractivity contribution is 9.08. The van der Waals surface area contributed by atoms with Crippen LogP contribution in [0.25, 0.3) is 0 Å². The van der Waals surface area contributed by atoms with Crippen LogP contribution >= 0.6 is 15.9 Å². The van der Waals surface area contributed by atoms with Crippen LogP contribution in [0, 0.1) is 0 Å². The molecular formula is C9H11BrO. The molecule has 1 N–H and O–H groups in total. The van der Waals surface area contributed by atoms with Gasteiger partial charge in [0.15, 0.2) is 0 Å². The quantitative estimate of drug-likeness (QED) is 0.752. The van der Waals surface area contributed by atoms with Crippen molar-refractivity contribution in [1.82, 2.24) is 0 Å². The first-order chi connectivity index (χ1) is 5.27. The lowest BCUT2D eigenvalue weighted by atomic mass is 10.1. The molecular weight excluding hydrogens is 204 g/mol. The van der Waals surface area contributed by atoms with Crippen LogP contribution < -0.4 is 0 Å². The van der Waals surface area contributed by atoms with E-state index in [1.54, 1.807) is 0 Å². The van der Waals surface area contributed by atoms with Crippen molar-refractivity contribution in [3.63, 3.8) is 0 Å². The standard InChI is InChI=1S/C9H11BrO/c1-2-7-3-4-8(6-10)9(11)5-7/h3-5,11H,2,6H2,1H3. The van der Waals surface area contributed by atoms with Crippen molar-refractivity contribution in [2.24, 2.45) is 0 Å². The minimum Gasteiger partial charge on any atom is -0.508 e. The molecule has 1 aromatic carbocycles. The van der Waals surface area contributed by atoms with Gasteiger partial charge < -0.3 is 5.11 Å². The molecule has 0 bridgehead atoms. The lowest BCUT2D eigenvalue weighted by molar-refractivity contribution is 0.470. The Hall–Kier alpha value is -0.500. The number of aryl methyl sites for hydroxylation is 1. The number of aromatic hydroxyl groups is 1. The number of phenols is 1. The van der Waals surface area contributed by atoms with E-state index in [9.17, 15) is 5.11 Å². The molecule has 60 valence electrons. The molecule has 1 aromatic rings. The summed E-state index contributed by atoms with van der Waals surface area (Å²) in [6.07, 6.45) is 0.968. The second kappa shape index (κ2) is 3.77. The van der Waals surface area contributed by atoms with E-state index in [0.717, 1.165) is 12.0 Å². The molecule has 0 saturated heterocycles. The summed E-state index contributed by atoms with van der Waals surface area (Å²) in [5.41, 5.74) is 2.12. The van der Waals surface area contributed by atoms with Crippen LogP contribution in [0.5, 0.6) is 5.75 Å². The van der Waals surface area contributed by atoms with Gasteiger partial charge in [-0.2, -0.15) is 0 Å². The van der Waals surface area contributed by atoms with Crippen LogP contribution in [-0.2, 0) is 11.8 Å². The van der Waals surface area contributed by atoms with Crippen molar-refractivity contribution in [3.05, 3.63) is 29.3 Å². The Labute approximate surface area is 75.2 Å². The fourth-order valence-corrected chi connectivity index (χ4v) is 1.42. The van der Waals surface area contributed by atoms with E-state index < -0.39 is 0 Å². The molecule has 11 heavy (non-hydrogen) atoms. The van der Waals surface area contributed by atoms with Crippen molar-refractivity contribution in [1.29, 1.82) is 0 Å². The zero-order valence-corrected chi connectivity index (χ0v) is 8.06. The highest BCUT2D eigenvalue weighted by atomic mass is 79.9. The summed E-state index contributed by atoms with van der Waals surface area (Å²) in [5, 5.41) is 10.1. The zero-order valence-electron chi connectivity index (χ0n) is 6.47. The predicted molar refractivity (Wildman–Crippen MR) is 50.1 cm³/mol. The molecule has 0 aliphatic carbocycles. The number of phenolic OH excluding ortho intramolecular Hbond substituents is 1. The first-order valence-corrected chi connectivity index (χ1v) is 4.76. The van der Waals surface area contributed by atoms with Crippen LogP contribution in [0.15, 0.2) is 18.2 Å². The molecule has 0 radical (unpaired) electrons. The molecule has 2 heteroatoms. The average Bonchev–Trinajstić information content (AvgIpc) is 2.04. The molecule has 0 spiro atoms. The number of alkyl halides is 1. The van der Waals surface area contributed by atoms with Crippen LogP contribution in [0.2, 0.25) is 0 Å². The third kappa shape index (κ3) is 1.96. The first-order valence-electron chi connectivity index (χ1n) is 3.64. The van der Waals surface area contributed by atoms with Gasteiger partial charge in [0.25, 0.3) is 0 Å². The number of halogens is 1. The molecule has 0 aromatic heterocycles. The zero-order chi connectivity index (χ0) is 8.27. The van der Waals surface area contributed by atoms with Gasteiger partial charge in [0.2, 0.25) is 0 Å². The van der Waals surface area contributed by atoms with E-state index in [0.29, 0.717) is 11.1 Å². The van der Waals surface area contributed by atoms with Gasteiger partial charge >= 0.3 is 0 Å². The third-order valence-electron chi connectivity index (χ3n) is 1.70. The molecule has 1 nitrogen and oxygen atoms in total. The Morgan fingerprint density at radius 2 is 2.18 bits per heavy atom. The van der Waals surface area contributed by atoms with E-state index in [1.807, 2.05) is 18.2 Å². The molecule has 1 rings (SSSR count). The number of benzene rings is 1. The maximum atomic E-state index is 9.39. The molecule has 0 amide bonds. The normalized spacial score (nSPS) is 10.0. The van der Waals surface area contributed by atoms with Crippen LogP contribution in [0.1, 0.15) is 18.1 Å². The van der Waals surface area contributed by atoms with Gasteiger partial charge in [-0.15, -0.1) is 0 Å². The predicted octanol–water partition coefficient (Wildman–Crippen LogP) is 2.85. The first kappa shape index (κ1) is 8.60. The Morgan fingerprint density at radius 1 is 1.45 bits per heavy atom. The van der Waals surface area contributed by atoms with Gasteiger partial charge in [-0.05, 0) is 18.1 Å². The molecule has 0 unspecified atom stereocenters. The summed E-state index contributed by atoms with van der Waals surface area (Å²) < 4.78 is 0. The fourth-order valence-electron chi connectivity index (χ4n) is 0.942. The summed E-state index contributed by atoms with van der Waals surface area (Å²) in [6.45, 7) is 2.07. The van der Waals surface area contributed by atoms with Crippen molar-refractivity contribution < 1.29 is 5.11 Å². The summed E-state index contributed by atoms with van der Waals surface area (Å²) in [4.78, 5) is 0. The highest BCUT2D eigenvalue weighted by Gasteiger charge is 1.98. The van der Waals surface area contributed by atoms with Crippen molar-refractivity contribution in [2.75, 3.05) is 0 Å². The van der Waals surface area contributed by atoms with Gasteiger partial charge in [0, 0.05) is 10.9 Å². The van der Waals surface area contributed by atoms with Crippen LogP contribution in [0.3, 0.4) is 0 Å². The van der Waals surface area contributed by atoms with Crippen molar-refractivity contribution in [2.45, 2.75) is 18.7 Å². The van der Waals surface area contributed by atoms with Crippen molar-refractivity contribution in [3.8, 4) is 5.75 Å². The summed E-state index contributed by atoms with van der Waals surface area (Å²) in [7, 11) is 0. The van der Waals surface area contributed by atoms with E-state index in [1.165, 1.54) is 5.56 Å². The molecule has 0 heterocycles. The van der Waals surface area contributed by atoms with E-state index in [4.69, 9.17) is 0 Å². The minimum absolute atomic E-state index is 0.390. The maximum absolute atomic E-state index is 9.39. The minimum atomic E-state index is 0.390. The van der Waals surface area contributed by atoms with Gasteiger partial charge in [0.05, 0.1) is 0 Å². The molecule has 0 atom stereocenters. The Bertz CT molecular complexity index is 245. The maximum Gasteiger partial charge on any atom is 0.119 e. The largest absolute Gasteiger partial charge is 0.508 e. The average molecular weight is 215 g/mol. The number of rotatable bonds is 2. The van der Waals surface area contributed by atoms with Crippen LogP contribution in [-0.4, -0.2) is 5.11 Å². The lowest BCUT2D eigenvalue weighted by Gasteiger charge is -2.02. The fraction of sp³-hybridized carbons (Fsp3) is 0.333. The Kier molecular flexibility index (Phi) is 2.94. The van der Waals surface area contributed by atoms with Gasteiger partial charge in [-0.1, -0.05) is 35.0 Å². The molecule has 0 aliphatic heterocycles. The highest BCUT2D eigenvalue weighted by Crippen LogP contribution is 2.21. The Balaban J connectivity index is 2.99. The van der Waals surface area contributed by atoms with E-state index in [2.05, 4.69) is 22.9 Å². The monoisotopic (exact) mass is 214 g/mol. The number of hydrogen-bond donors (Lipinski definition) is 1. The summed E-state index contributed by atoms with van der Waals surface area (Å²) >= 11 is 3.29. The lowest BCUT2D eigenvalue weighted by Crippen LogP contribution is -1.83. The smallest absolute Gasteiger partial charge is 0.119 e. The second-order valence-corrected chi connectivity index (χ2v) is 3.01. The summed E-state index contributed by atoms with van der Waals surface area (Å²) in [5.74, 6) is 0.390. The van der Waals surface area contributed by atoms with E-state index >= 15 is 0 Å². The van der Waals surface area contributed by atoms with Gasteiger partial charge in [-0.3, -0.25) is 0 Å². The summed E-state index contributed by atoms with van der Waals surface area (Å²) in [6, 6.07) is 5.80. The molecule has 0 fully saturated rings. The van der Waals surface area contributed by atoms with Crippen LogP contribution in [0.4, 0.5) is 0 Å². The Morgan fingerprint density at radius 3 is 2.64 bits per heavy atom. The van der Waals surface area contributed by atoms with Crippen molar-refractivity contribution >= 4 is 15.9 Å². The third-order valence-corrected chi connectivity index (χ3v) is 2.31. The van der Waals surface area contributed by atoms with E-state index in [-0.39, 0.29) is 0 Å². The SMILES string of the molecule is CCc1ccc(CBr)c(O)c1. The topological polar surface area (TPSA) is 20.2 Å². The number of hydrogen-bond acceptors (Lipinski definition) is 1. The van der Waals surface area contributed by atoms with Gasteiger partial charge in [-0.25, -0.2) is 0 Å². The molecule has 0 aliphatic rings.